The number of benzene rings is 1. The van der Waals surface area contributed by atoms with E-state index < -0.39 is 0 Å². The van der Waals surface area contributed by atoms with Crippen LogP contribution in [-0.2, 0) is 18.3 Å². The van der Waals surface area contributed by atoms with Crippen molar-refractivity contribution in [2.24, 2.45) is 7.05 Å². The topological polar surface area (TPSA) is 46.5 Å². The Labute approximate surface area is 144 Å². The fourth-order valence-corrected chi connectivity index (χ4v) is 3.10. The molecule has 0 aliphatic carbocycles. The van der Waals surface area contributed by atoms with E-state index in [4.69, 9.17) is 4.74 Å². The van der Waals surface area contributed by atoms with Crippen LogP contribution in [0.1, 0.15) is 34.7 Å². The van der Waals surface area contributed by atoms with Gasteiger partial charge in [-0.1, -0.05) is 30.3 Å². The third-order valence-corrected chi connectivity index (χ3v) is 4.40. The molecule has 1 aromatic carbocycles. The van der Waals surface area contributed by atoms with Gasteiger partial charge in [-0.05, 0) is 38.7 Å². The molecule has 0 bridgehead atoms. The molecule has 0 amide bonds. The number of esters is 1. The maximum Gasteiger partial charge on any atom is 0.354 e. The molecule has 0 aliphatic heterocycles. The van der Waals surface area contributed by atoms with Crippen molar-refractivity contribution >= 4 is 5.97 Å². The second-order valence-corrected chi connectivity index (χ2v) is 6.25. The Balaban J connectivity index is 2.08. The van der Waals surface area contributed by atoms with Crippen LogP contribution in [0.15, 0.2) is 42.5 Å². The minimum atomic E-state index is -0.313. The lowest BCUT2D eigenvalue weighted by Crippen LogP contribution is -2.39. The maximum absolute atomic E-state index is 11.7. The smallest absolute Gasteiger partial charge is 0.354 e. The zero-order valence-corrected chi connectivity index (χ0v) is 15.1. The van der Waals surface area contributed by atoms with Gasteiger partial charge >= 0.3 is 5.97 Å². The first-order chi connectivity index (χ1) is 11.5. The molecule has 0 fully saturated rings. The molecule has 2 rings (SSSR count). The molecule has 130 valence electrons. The predicted molar refractivity (Wildman–Crippen MR) is 95.9 cm³/mol. The zero-order valence-electron chi connectivity index (χ0n) is 15.1. The monoisotopic (exact) mass is 329 g/mol. The number of ether oxygens (including phenoxy) is 1. The Kier molecular flexibility index (Phi) is 6.17. The van der Waals surface area contributed by atoms with Crippen LogP contribution in [-0.4, -0.2) is 42.7 Å². The molecule has 5 nitrogen and oxygen atoms in total. The number of hydrogen-bond acceptors (Lipinski definition) is 4. The van der Waals surface area contributed by atoms with E-state index in [-0.39, 0.29) is 18.1 Å². The highest BCUT2D eigenvalue weighted by Crippen LogP contribution is 2.22. The summed E-state index contributed by atoms with van der Waals surface area (Å²) in [6, 6.07) is 14.8. The molecule has 0 radical (unpaired) electrons. The van der Waals surface area contributed by atoms with E-state index in [9.17, 15) is 4.79 Å². The Morgan fingerprint density at radius 1 is 1.21 bits per heavy atom. The van der Waals surface area contributed by atoms with Gasteiger partial charge in [-0.2, -0.15) is 0 Å². The maximum atomic E-state index is 11.7. The third-order valence-electron chi connectivity index (χ3n) is 4.40. The number of nitrogens with zero attached hydrogens (tertiary/aromatic N) is 2. The third kappa shape index (κ3) is 4.04. The van der Waals surface area contributed by atoms with Gasteiger partial charge in [0.1, 0.15) is 5.69 Å². The summed E-state index contributed by atoms with van der Waals surface area (Å²) in [4.78, 5) is 13.9. The first-order valence-electron chi connectivity index (χ1n) is 8.13. The summed E-state index contributed by atoms with van der Waals surface area (Å²) in [5, 5.41) is 3.58. The standard InChI is InChI=1S/C19H27N3O2/c1-14(18(21(2)3)15-9-7-6-8-10-15)20-13-16-11-12-17(22(16)4)19(23)24-5/h6-12,14,18,20H,13H2,1-5H3. The second-order valence-electron chi connectivity index (χ2n) is 6.25. The number of rotatable bonds is 7. The van der Waals surface area contributed by atoms with Crippen molar-refractivity contribution in [3.8, 4) is 0 Å². The average molecular weight is 329 g/mol. The minimum Gasteiger partial charge on any atom is -0.464 e. The van der Waals surface area contributed by atoms with Crippen LogP contribution in [0.2, 0.25) is 0 Å². The predicted octanol–water partition coefficient (Wildman–Crippen LogP) is 2.59. The van der Waals surface area contributed by atoms with Crippen molar-refractivity contribution in [3.05, 3.63) is 59.4 Å². The van der Waals surface area contributed by atoms with Gasteiger partial charge in [0.05, 0.1) is 7.11 Å². The number of carbonyl (C=O) groups is 1. The molecular formula is C19H27N3O2. The minimum absolute atomic E-state index is 0.249. The molecule has 2 atom stereocenters. The molecular weight excluding hydrogens is 302 g/mol. The summed E-state index contributed by atoms with van der Waals surface area (Å²) in [5.41, 5.74) is 2.90. The van der Waals surface area contributed by atoms with Crippen molar-refractivity contribution in [2.75, 3.05) is 21.2 Å². The van der Waals surface area contributed by atoms with Gasteiger partial charge in [0.2, 0.25) is 0 Å². The van der Waals surface area contributed by atoms with Crippen molar-refractivity contribution in [2.45, 2.75) is 25.6 Å². The van der Waals surface area contributed by atoms with Crippen molar-refractivity contribution in [1.29, 1.82) is 0 Å². The first-order valence-corrected chi connectivity index (χ1v) is 8.13. The van der Waals surface area contributed by atoms with Crippen molar-refractivity contribution < 1.29 is 9.53 Å². The number of hydrogen-bond donors (Lipinski definition) is 1. The number of methoxy groups -OCH3 is 1. The molecule has 0 spiro atoms. The summed E-state index contributed by atoms with van der Waals surface area (Å²) < 4.78 is 6.67. The molecule has 5 heteroatoms. The molecule has 2 unspecified atom stereocenters. The van der Waals surface area contributed by atoms with E-state index in [2.05, 4.69) is 55.5 Å². The molecule has 1 heterocycles. The van der Waals surface area contributed by atoms with Crippen LogP contribution in [0.25, 0.3) is 0 Å². The normalized spacial score (nSPS) is 13.8. The van der Waals surface area contributed by atoms with Crippen molar-refractivity contribution in [3.63, 3.8) is 0 Å². The van der Waals surface area contributed by atoms with Gasteiger partial charge in [0, 0.05) is 31.4 Å². The van der Waals surface area contributed by atoms with Crippen LogP contribution in [0, 0.1) is 0 Å². The van der Waals surface area contributed by atoms with Crippen LogP contribution in [0.3, 0.4) is 0 Å². The fourth-order valence-electron chi connectivity index (χ4n) is 3.10. The summed E-state index contributed by atoms with van der Waals surface area (Å²) >= 11 is 0. The Hall–Kier alpha value is -2.11. The first kappa shape index (κ1) is 18.2. The summed E-state index contributed by atoms with van der Waals surface area (Å²) in [6.07, 6.45) is 0. The lowest BCUT2D eigenvalue weighted by molar-refractivity contribution is 0.0589. The van der Waals surface area contributed by atoms with Gasteiger partial charge in [-0.3, -0.25) is 0 Å². The Bertz CT molecular complexity index is 665. The van der Waals surface area contributed by atoms with Gasteiger partial charge in [-0.25, -0.2) is 4.79 Å². The van der Waals surface area contributed by atoms with Gasteiger partial charge in [-0.15, -0.1) is 0 Å². The van der Waals surface area contributed by atoms with Crippen LogP contribution >= 0.6 is 0 Å². The van der Waals surface area contributed by atoms with E-state index in [1.807, 2.05) is 23.7 Å². The molecule has 2 aromatic rings. The van der Waals surface area contributed by atoms with E-state index in [0.29, 0.717) is 12.2 Å². The molecule has 0 saturated carbocycles. The molecule has 1 aromatic heterocycles. The average Bonchev–Trinajstić information content (AvgIpc) is 2.94. The highest BCUT2D eigenvalue weighted by molar-refractivity contribution is 5.87. The highest BCUT2D eigenvalue weighted by atomic mass is 16.5. The second kappa shape index (κ2) is 8.13. The fraction of sp³-hybridized carbons (Fsp3) is 0.421. The Morgan fingerprint density at radius 3 is 2.46 bits per heavy atom. The summed E-state index contributed by atoms with van der Waals surface area (Å²) in [7, 11) is 7.47. The zero-order chi connectivity index (χ0) is 17.7. The van der Waals surface area contributed by atoms with Crippen molar-refractivity contribution in [1.82, 2.24) is 14.8 Å². The summed E-state index contributed by atoms with van der Waals surface area (Å²) in [6.45, 7) is 2.87. The van der Waals surface area contributed by atoms with Crippen LogP contribution in [0.5, 0.6) is 0 Å². The molecule has 24 heavy (non-hydrogen) atoms. The highest BCUT2D eigenvalue weighted by Gasteiger charge is 2.21. The van der Waals surface area contributed by atoms with E-state index in [0.717, 1.165) is 5.69 Å². The quantitative estimate of drug-likeness (QED) is 0.793. The number of likely N-dealkylation sites (N-methyl/N-ethyl adjacent to an activating group) is 1. The van der Waals surface area contributed by atoms with Crippen LogP contribution < -0.4 is 5.32 Å². The van der Waals surface area contributed by atoms with E-state index in [1.165, 1.54) is 12.7 Å². The van der Waals surface area contributed by atoms with E-state index in [1.54, 1.807) is 6.07 Å². The van der Waals surface area contributed by atoms with E-state index >= 15 is 0 Å². The van der Waals surface area contributed by atoms with Crippen LogP contribution in [0.4, 0.5) is 0 Å². The molecule has 1 N–H and O–H groups in total. The van der Waals surface area contributed by atoms with Gasteiger partial charge in [0.15, 0.2) is 0 Å². The number of nitrogens with one attached hydrogen (secondary N) is 1. The number of carbonyl (C=O) groups excluding carboxylic acids is 1. The number of aromatic nitrogens is 1. The SMILES string of the molecule is COC(=O)c1ccc(CNC(C)C(c2ccccc2)N(C)C)n1C. The lowest BCUT2D eigenvalue weighted by Gasteiger charge is -2.31. The summed E-state index contributed by atoms with van der Waals surface area (Å²) in [5.74, 6) is -0.313. The molecule has 0 aliphatic rings. The van der Waals surface area contributed by atoms with Gasteiger partial charge < -0.3 is 19.5 Å². The molecule has 0 saturated heterocycles. The lowest BCUT2D eigenvalue weighted by atomic mass is 9.99. The largest absolute Gasteiger partial charge is 0.464 e. The van der Waals surface area contributed by atoms with Gasteiger partial charge in [0.25, 0.3) is 0 Å². The Morgan fingerprint density at radius 2 is 1.88 bits per heavy atom.